The summed E-state index contributed by atoms with van der Waals surface area (Å²) < 4.78 is 5.24. The highest BCUT2D eigenvalue weighted by Crippen LogP contribution is 2.26. The Kier molecular flexibility index (Phi) is 5.53. The first kappa shape index (κ1) is 15.7. The summed E-state index contributed by atoms with van der Waals surface area (Å²) in [5.74, 6) is 0.682. The summed E-state index contributed by atoms with van der Waals surface area (Å²) in [5, 5.41) is 10.8. The number of nitro groups is 1. The first-order valence-electron chi connectivity index (χ1n) is 5.89. The molecule has 1 aliphatic heterocycles. The lowest BCUT2D eigenvalue weighted by molar-refractivity contribution is -0.384. The molecule has 1 aliphatic rings. The molecule has 1 aromatic rings. The van der Waals surface area contributed by atoms with Crippen LogP contribution in [0.1, 0.15) is 12.0 Å². The minimum Gasteiger partial charge on any atom is -0.496 e. The SMILES string of the molecule is COc1ccc([N+](=O)[O-])cc1CN1CCC(N)C1.Cl. The first-order chi connectivity index (χ1) is 8.60. The summed E-state index contributed by atoms with van der Waals surface area (Å²) in [6.45, 7) is 2.39. The maximum Gasteiger partial charge on any atom is 0.270 e. The normalized spacial score (nSPS) is 18.9. The molecule has 106 valence electrons. The Labute approximate surface area is 118 Å². The van der Waals surface area contributed by atoms with Gasteiger partial charge < -0.3 is 10.5 Å². The van der Waals surface area contributed by atoms with E-state index in [1.165, 1.54) is 6.07 Å². The lowest BCUT2D eigenvalue weighted by Crippen LogP contribution is -2.26. The van der Waals surface area contributed by atoms with E-state index < -0.39 is 4.92 Å². The zero-order valence-electron chi connectivity index (χ0n) is 10.7. The Morgan fingerprint density at radius 3 is 2.84 bits per heavy atom. The molecule has 0 aromatic heterocycles. The van der Waals surface area contributed by atoms with Crippen LogP contribution in [0.4, 0.5) is 5.69 Å². The number of nitrogens with zero attached hydrogens (tertiary/aromatic N) is 2. The van der Waals surface area contributed by atoms with Gasteiger partial charge in [-0.3, -0.25) is 15.0 Å². The van der Waals surface area contributed by atoms with Gasteiger partial charge in [0.2, 0.25) is 0 Å². The number of halogens is 1. The standard InChI is InChI=1S/C12H17N3O3.ClH/c1-18-12-3-2-11(15(16)17)6-9(12)7-14-5-4-10(13)8-14;/h2-3,6,10H,4-5,7-8,13H2,1H3;1H. The lowest BCUT2D eigenvalue weighted by Gasteiger charge is -2.17. The van der Waals surface area contributed by atoms with Crippen molar-refractivity contribution in [1.82, 2.24) is 4.90 Å². The van der Waals surface area contributed by atoms with Crippen LogP contribution in [0.3, 0.4) is 0 Å². The van der Waals surface area contributed by atoms with Gasteiger partial charge in [-0.2, -0.15) is 0 Å². The van der Waals surface area contributed by atoms with Crippen molar-refractivity contribution in [2.75, 3.05) is 20.2 Å². The van der Waals surface area contributed by atoms with E-state index in [1.54, 1.807) is 19.2 Å². The van der Waals surface area contributed by atoms with Gasteiger partial charge in [-0.25, -0.2) is 0 Å². The zero-order chi connectivity index (χ0) is 13.1. The number of benzene rings is 1. The van der Waals surface area contributed by atoms with E-state index in [1.807, 2.05) is 0 Å². The number of hydrogen-bond acceptors (Lipinski definition) is 5. The second-order valence-corrected chi connectivity index (χ2v) is 4.54. The van der Waals surface area contributed by atoms with Crippen molar-refractivity contribution < 1.29 is 9.66 Å². The second-order valence-electron chi connectivity index (χ2n) is 4.54. The molecule has 0 aliphatic carbocycles. The van der Waals surface area contributed by atoms with Crippen LogP contribution in [0.5, 0.6) is 5.75 Å². The van der Waals surface area contributed by atoms with E-state index in [0.29, 0.717) is 12.3 Å². The minimum absolute atomic E-state index is 0. The lowest BCUT2D eigenvalue weighted by atomic mass is 10.1. The van der Waals surface area contributed by atoms with Gasteiger partial charge in [-0.15, -0.1) is 12.4 Å². The number of likely N-dealkylation sites (tertiary alicyclic amines) is 1. The predicted octanol–water partition coefficient (Wildman–Crippen LogP) is 1.56. The van der Waals surface area contributed by atoms with Crippen LogP contribution in [-0.2, 0) is 6.54 Å². The predicted molar refractivity (Wildman–Crippen MR) is 74.8 cm³/mol. The summed E-state index contributed by atoms with van der Waals surface area (Å²) in [5.41, 5.74) is 6.77. The van der Waals surface area contributed by atoms with E-state index in [4.69, 9.17) is 10.5 Å². The van der Waals surface area contributed by atoms with Crippen LogP contribution in [0.15, 0.2) is 18.2 Å². The number of non-ortho nitro benzene ring substituents is 1. The molecule has 6 nitrogen and oxygen atoms in total. The van der Waals surface area contributed by atoms with E-state index in [0.717, 1.165) is 25.1 Å². The van der Waals surface area contributed by atoms with Crippen LogP contribution in [0, 0.1) is 10.1 Å². The molecule has 1 fully saturated rings. The number of nitrogens with two attached hydrogens (primary N) is 1. The van der Waals surface area contributed by atoms with Gasteiger partial charge in [0.1, 0.15) is 5.75 Å². The number of hydrogen-bond donors (Lipinski definition) is 1. The van der Waals surface area contributed by atoms with E-state index in [9.17, 15) is 10.1 Å². The second kappa shape index (κ2) is 6.70. The monoisotopic (exact) mass is 287 g/mol. The van der Waals surface area contributed by atoms with Crippen LogP contribution >= 0.6 is 12.4 Å². The van der Waals surface area contributed by atoms with Crippen LogP contribution in [0.2, 0.25) is 0 Å². The number of methoxy groups -OCH3 is 1. The average Bonchev–Trinajstić information content (AvgIpc) is 2.74. The highest BCUT2D eigenvalue weighted by atomic mass is 35.5. The third-order valence-electron chi connectivity index (χ3n) is 3.18. The Morgan fingerprint density at radius 1 is 1.58 bits per heavy atom. The molecular formula is C12H18ClN3O3. The number of rotatable bonds is 4. The Hall–Kier alpha value is -1.37. The summed E-state index contributed by atoms with van der Waals surface area (Å²) in [7, 11) is 1.57. The molecule has 0 radical (unpaired) electrons. The van der Waals surface area contributed by atoms with E-state index >= 15 is 0 Å². The molecular weight excluding hydrogens is 270 g/mol. The van der Waals surface area contributed by atoms with Gasteiger partial charge in [-0.1, -0.05) is 0 Å². The summed E-state index contributed by atoms with van der Waals surface area (Å²) in [6.07, 6.45) is 0.969. The molecule has 1 aromatic carbocycles. The average molecular weight is 288 g/mol. The van der Waals surface area contributed by atoms with Crippen molar-refractivity contribution >= 4 is 18.1 Å². The third kappa shape index (κ3) is 3.79. The summed E-state index contributed by atoms with van der Waals surface area (Å²) >= 11 is 0. The fourth-order valence-electron chi connectivity index (χ4n) is 2.25. The fraction of sp³-hybridized carbons (Fsp3) is 0.500. The van der Waals surface area contributed by atoms with E-state index in [-0.39, 0.29) is 24.1 Å². The first-order valence-corrected chi connectivity index (χ1v) is 5.89. The number of nitro benzene ring substituents is 1. The molecule has 2 rings (SSSR count). The molecule has 1 unspecified atom stereocenters. The molecule has 0 saturated carbocycles. The quantitative estimate of drug-likeness (QED) is 0.671. The Bertz CT molecular complexity index is 456. The molecule has 0 spiro atoms. The third-order valence-corrected chi connectivity index (χ3v) is 3.18. The van der Waals surface area contributed by atoms with Gasteiger partial charge in [0.05, 0.1) is 12.0 Å². The maximum atomic E-state index is 10.8. The number of ether oxygens (including phenoxy) is 1. The maximum absolute atomic E-state index is 10.8. The minimum atomic E-state index is -0.390. The van der Waals surface area contributed by atoms with Crippen molar-refractivity contribution in [3.63, 3.8) is 0 Å². The molecule has 1 saturated heterocycles. The molecule has 1 atom stereocenters. The molecule has 0 amide bonds. The van der Waals surface area contributed by atoms with Crippen LogP contribution in [0.25, 0.3) is 0 Å². The fourth-order valence-corrected chi connectivity index (χ4v) is 2.25. The van der Waals surface area contributed by atoms with Gasteiger partial charge in [0.15, 0.2) is 0 Å². The van der Waals surface area contributed by atoms with Gasteiger partial charge >= 0.3 is 0 Å². The Balaban J connectivity index is 0.00000180. The topological polar surface area (TPSA) is 81.6 Å². The summed E-state index contributed by atoms with van der Waals surface area (Å²) in [6, 6.07) is 4.87. The van der Waals surface area contributed by atoms with Gasteiger partial charge in [0, 0.05) is 43.4 Å². The van der Waals surface area contributed by atoms with Crippen molar-refractivity contribution in [2.24, 2.45) is 5.73 Å². The molecule has 1 heterocycles. The van der Waals surface area contributed by atoms with Crippen LogP contribution < -0.4 is 10.5 Å². The molecule has 0 bridgehead atoms. The van der Waals surface area contributed by atoms with Crippen molar-refractivity contribution in [2.45, 2.75) is 19.0 Å². The van der Waals surface area contributed by atoms with Crippen molar-refractivity contribution in [3.8, 4) is 5.75 Å². The van der Waals surface area contributed by atoms with Gasteiger partial charge in [0.25, 0.3) is 5.69 Å². The highest BCUT2D eigenvalue weighted by Gasteiger charge is 2.21. The highest BCUT2D eigenvalue weighted by molar-refractivity contribution is 5.85. The van der Waals surface area contributed by atoms with E-state index in [2.05, 4.69) is 4.90 Å². The largest absolute Gasteiger partial charge is 0.496 e. The molecule has 19 heavy (non-hydrogen) atoms. The van der Waals surface area contributed by atoms with Crippen molar-refractivity contribution in [3.05, 3.63) is 33.9 Å². The smallest absolute Gasteiger partial charge is 0.270 e. The van der Waals surface area contributed by atoms with Crippen molar-refractivity contribution in [1.29, 1.82) is 0 Å². The Morgan fingerprint density at radius 2 is 2.32 bits per heavy atom. The zero-order valence-corrected chi connectivity index (χ0v) is 11.6. The summed E-state index contributed by atoms with van der Waals surface area (Å²) in [4.78, 5) is 12.6. The van der Waals surface area contributed by atoms with Gasteiger partial charge in [-0.05, 0) is 12.5 Å². The molecule has 7 heteroatoms. The van der Waals surface area contributed by atoms with Crippen LogP contribution in [-0.4, -0.2) is 36.1 Å². The molecule has 2 N–H and O–H groups in total.